The molecule has 0 amide bonds. The van der Waals surface area contributed by atoms with Crippen LogP contribution in [0.2, 0.25) is 0 Å². The molecule has 1 aromatic rings. The van der Waals surface area contributed by atoms with E-state index in [1.165, 1.54) is 0 Å². The van der Waals surface area contributed by atoms with Crippen molar-refractivity contribution in [3.63, 3.8) is 0 Å². The Morgan fingerprint density at radius 3 is 2.33 bits per heavy atom. The van der Waals surface area contributed by atoms with Crippen LogP contribution in [0.15, 0.2) is 24.3 Å². The predicted molar refractivity (Wildman–Crippen MR) is 84.5 cm³/mol. The first-order chi connectivity index (χ1) is 9.95. The summed E-state index contributed by atoms with van der Waals surface area (Å²) in [6, 6.07) is 8.08. The highest BCUT2D eigenvalue weighted by Gasteiger charge is 2.14. The van der Waals surface area contributed by atoms with Crippen LogP contribution in [0, 0.1) is 5.92 Å². The fourth-order valence-electron chi connectivity index (χ4n) is 2.05. The van der Waals surface area contributed by atoms with Crippen LogP contribution in [0.4, 0.5) is 0 Å². The van der Waals surface area contributed by atoms with E-state index in [9.17, 15) is 4.79 Å². The molecule has 0 radical (unpaired) electrons. The zero-order chi connectivity index (χ0) is 15.8. The number of carbonyl (C=O) groups is 1. The molecule has 118 valence electrons. The molecular formula is C17H27NO3. The van der Waals surface area contributed by atoms with E-state index in [-0.39, 0.29) is 0 Å². The summed E-state index contributed by atoms with van der Waals surface area (Å²) in [5.41, 5.74) is 1.99. The number of carboxylic acids is 1. The predicted octanol–water partition coefficient (Wildman–Crippen LogP) is 3.03. The van der Waals surface area contributed by atoms with Crippen LogP contribution in [0.1, 0.15) is 44.7 Å². The monoisotopic (exact) mass is 293 g/mol. The summed E-state index contributed by atoms with van der Waals surface area (Å²) in [6.07, 6.45) is 0. The minimum absolute atomic E-state index is 0.322. The lowest BCUT2D eigenvalue weighted by atomic mass is 10.00. The van der Waals surface area contributed by atoms with Gasteiger partial charge in [-0.2, -0.15) is 0 Å². The Balaban J connectivity index is 2.56. The molecule has 2 unspecified atom stereocenters. The van der Waals surface area contributed by atoms with Crippen molar-refractivity contribution in [1.29, 1.82) is 0 Å². The van der Waals surface area contributed by atoms with Crippen molar-refractivity contribution in [1.82, 2.24) is 5.32 Å². The van der Waals surface area contributed by atoms with E-state index >= 15 is 0 Å². The number of nitrogens with one attached hydrogen (secondary N) is 1. The fourth-order valence-corrected chi connectivity index (χ4v) is 2.05. The van der Waals surface area contributed by atoms with Crippen LogP contribution in [-0.2, 0) is 16.1 Å². The molecule has 0 bridgehead atoms. The molecule has 2 atom stereocenters. The van der Waals surface area contributed by atoms with E-state index in [1.807, 2.05) is 31.2 Å². The summed E-state index contributed by atoms with van der Waals surface area (Å²) in [4.78, 5) is 10.9. The number of hydrogen-bond acceptors (Lipinski definition) is 3. The lowest BCUT2D eigenvalue weighted by molar-refractivity contribution is -0.138. The molecule has 0 aromatic heterocycles. The average molecular weight is 293 g/mol. The first-order valence-corrected chi connectivity index (χ1v) is 7.58. The van der Waals surface area contributed by atoms with Gasteiger partial charge in [-0.15, -0.1) is 0 Å². The quantitative estimate of drug-likeness (QED) is 0.735. The highest BCUT2D eigenvalue weighted by Crippen LogP contribution is 2.16. The van der Waals surface area contributed by atoms with Gasteiger partial charge in [-0.05, 0) is 30.9 Å². The van der Waals surface area contributed by atoms with E-state index in [1.54, 1.807) is 6.92 Å². The van der Waals surface area contributed by atoms with Gasteiger partial charge >= 0.3 is 5.97 Å². The molecule has 1 rings (SSSR count). The Kier molecular flexibility index (Phi) is 7.40. The molecule has 0 spiro atoms. The molecule has 0 fully saturated rings. The minimum Gasteiger partial charge on any atom is -0.481 e. The van der Waals surface area contributed by atoms with Gasteiger partial charge < -0.3 is 15.2 Å². The van der Waals surface area contributed by atoms with Crippen molar-refractivity contribution in [2.75, 3.05) is 13.2 Å². The normalized spacial score (nSPS) is 14.1. The van der Waals surface area contributed by atoms with Gasteiger partial charge in [-0.1, -0.05) is 38.1 Å². The topological polar surface area (TPSA) is 58.6 Å². The van der Waals surface area contributed by atoms with Crippen molar-refractivity contribution in [2.45, 2.75) is 46.2 Å². The maximum Gasteiger partial charge on any atom is 0.310 e. The summed E-state index contributed by atoms with van der Waals surface area (Å²) < 4.78 is 5.49. The second-order valence-electron chi connectivity index (χ2n) is 5.69. The molecule has 4 heteroatoms. The molecule has 0 aliphatic heterocycles. The van der Waals surface area contributed by atoms with Gasteiger partial charge in [0.25, 0.3) is 0 Å². The Bertz CT molecular complexity index is 428. The van der Waals surface area contributed by atoms with E-state index in [0.717, 1.165) is 24.3 Å². The Morgan fingerprint density at radius 2 is 1.86 bits per heavy atom. The van der Waals surface area contributed by atoms with Gasteiger partial charge in [-0.25, -0.2) is 0 Å². The number of hydrogen-bond donors (Lipinski definition) is 2. The van der Waals surface area contributed by atoms with Crippen LogP contribution < -0.4 is 5.32 Å². The molecule has 1 aromatic carbocycles. The third kappa shape index (κ3) is 5.86. The van der Waals surface area contributed by atoms with E-state index in [2.05, 4.69) is 19.2 Å². The molecule has 0 aliphatic carbocycles. The van der Waals surface area contributed by atoms with Gasteiger partial charge in [0.1, 0.15) is 0 Å². The molecule has 0 saturated carbocycles. The third-order valence-corrected chi connectivity index (χ3v) is 3.72. The number of carboxylic acid groups (broad SMARTS) is 1. The smallest absolute Gasteiger partial charge is 0.310 e. The molecule has 0 saturated heterocycles. The first-order valence-electron chi connectivity index (χ1n) is 7.58. The van der Waals surface area contributed by atoms with Crippen LogP contribution in [-0.4, -0.2) is 30.3 Å². The summed E-state index contributed by atoms with van der Waals surface area (Å²) in [7, 11) is 0. The summed E-state index contributed by atoms with van der Waals surface area (Å²) in [6.45, 7) is 10.3. The van der Waals surface area contributed by atoms with Gasteiger partial charge in [-0.3, -0.25) is 4.79 Å². The fraction of sp³-hybridized carbons (Fsp3) is 0.588. The van der Waals surface area contributed by atoms with Gasteiger partial charge in [0.05, 0.1) is 12.5 Å². The molecule has 0 aliphatic rings. The van der Waals surface area contributed by atoms with Crippen molar-refractivity contribution in [2.24, 2.45) is 5.92 Å². The molecule has 0 heterocycles. The van der Waals surface area contributed by atoms with Gasteiger partial charge in [0, 0.05) is 19.2 Å². The van der Waals surface area contributed by atoms with E-state index in [0.29, 0.717) is 18.6 Å². The largest absolute Gasteiger partial charge is 0.481 e. The Labute approximate surface area is 127 Å². The molecule has 4 nitrogen and oxygen atoms in total. The number of rotatable bonds is 9. The summed E-state index contributed by atoms with van der Waals surface area (Å²) in [5, 5.41) is 12.5. The van der Waals surface area contributed by atoms with Crippen LogP contribution in [0.5, 0.6) is 0 Å². The maximum absolute atomic E-state index is 10.9. The van der Waals surface area contributed by atoms with Crippen molar-refractivity contribution in [3.8, 4) is 0 Å². The van der Waals surface area contributed by atoms with Crippen LogP contribution in [0.3, 0.4) is 0 Å². The zero-order valence-corrected chi connectivity index (χ0v) is 13.4. The van der Waals surface area contributed by atoms with Gasteiger partial charge in [0.15, 0.2) is 0 Å². The lowest BCUT2D eigenvalue weighted by Crippen LogP contribution is -2.37. The standard InChI is InChI=1S/C17H27NO3/c1-5-21-11-16(12(2)3)18-10-14-6-8-15(9-7-14)13(4)17(19)20/h6-9,12-13,16,18H,5,10-11H2,1-4H3,(H,19,20). The van der Waals surface area contributed by atoms with Crippen LogP contribution in [0.25, 0.3) is 0 Å². The molecule has 21 heavy (non-hydrogen) atoms. The Morgan fingerprint density at radius 1 is 1.24 bits per heavy atom. The summed E-state index contributed by atoms with van der Waals surface area (Å²) in [5.74, 6) is -0.756. The third-order valence-electron chi connectivity index (χ3n) is 3.72. The first kappa shape index (κ1) is 17.7. The minimum atomic E-state index is -0.794. The molecule has 2 N–H and O–H groups in total. The highest BCUT2D eigenvalue weighted by atomic mass is 16.5. The SMILES string of the molecule is CCOCC(NCc1ccc(C(C)C(=O)O)cc1)C(C)C. The number of benzene rings is 1. The van der Waals surface area contributed by atoms with Crippen molar-refractivity contribution in [3.05, 3.63) is 35.4 Å². The number of aliphatic carboxylic acids is 1. The van der Waals surface area contributed by atoms with Crippen molar-refractivity contribution >= 4 is 5.97 Å². The zero-order valence-electron chi connectivity index (χ0n) is 13.4. The van der Waals surface area contributed by atoms with Gasteiger partial charge in [0.2, 0.25) is 0 Å². The average Bonchev–Trinajstić information content (AvgIpc) is 2.46. The maximum atomic E-state index is 10.9. The second-order valence-corrected chi connectivity index (χ2v) is 5.69. The summed E-state index contributed by atoms with van der Waals surface area (Å²) >= 11 is 0. The number of ether oxygens (including phenoxy) is 1. The Hall–Kier alpha value is -1.39. The van der Waals surface area contributed by atoms with E-state index in [4.69, 9.17) is 9.84 Å². The molecular weight excluding hydrogens is 266 g/mol. The lowest BCUT2D eigenvalue weighted by Gasteiger charge is -2.22. The van der Waals surface area contributed by atoms with Crippen molar-refractivity contribution < 1.29 is 14.6 Å². The second kappa shape index (κ2) is 8.80. The highest BCUT2D eigenvalue weighted by molar-refractivity contribution is 5.75. The van der Waals surface area contributed by atoms with Crippen LogP contribution >= 0.6 is 0 Å². The van der Waals surface area contributed by atoms with E-state index < -0.39 is 11.9 Å².